The first-order valence-electron chi connectivity index (χ1n) is 7.63. The molecule has 1 amide bonds. The van der Waals surface area contributed by atoms with Crippen LogP contribution in [0.1, 0.15) is 39.0 Å². The molecule has 1 atom stereocenters. The van der Waals surface area contributed by atoms with Crippen molar-refractivity contribution in [2.24, 2.45) is 10.7 Å². The number of ether oxygens (including phenoxy) is 1. The van der Waals surface area contributed by atoms with Crippen molar-refractivity contribution in [3.05, 3.63) is 0 Å². The SMILES string of the molecule is CC(NC(N)=NC1CCCCC1)C(=O)N1CCOCC1. The lowest BCUT2D eigenvalue weighted by molar-refractivity contribution is -0.136. The Hall–Kier alpha value is -1.30. The molecule has 0 aromatic carbocycles. The van der Waals surface area contributed by atoms with E-state index in [1.54, 1.807) is 0 Å². The predicted molar refractivity (Wildman–Crippen MR) is 78.5 cm³/mol. The van der Waals surface area contributed by atoms with Gasteiger partial charge in [-0.2, -0.15) is 0 Å². The summed E-state index contributed by atoms with van der Waals surface area (Å²) in [6.45, 7) is 4.38. The van der Waals surface area contributed by atoms with Gasteiger partial charge in [0.05, 0.1) is 19.3 Å². The van der Waals surface area contributed by atoms with Crippen LogP contribution in [0.2, 0.25) is 0 Å². The molecule has 2 rings (SSSR count). The van der Waals surface area contributed by atoms with Crippen LogP contribution in [-0.4, -0.2) is 55.2 Å². The molecule has 114 valence electrons. The van der Waals surface area contributed by atoms with E-state index >= 15 is 0 Å². The summed E-state index contributed by atoms with van der Waals surface area (Å²) in [5.41, 5.74) is 5.92. The number of aliphatic imine (C=N–C) groups is 1. The molecule has 1 saturated carbocycles. The minimum Gasteiger partial charge on any atom is -0.378 e. The van der Waals surface area contributed by atoms with Gasteiger partial charge in [-0.25, -0.2) is 0 Å². The monoisotopic (exact) mass is 282 g/mol. The van der Waals surface area contributed by atoms with Crippen LogP contribution in [0.5, 0.6) is 0 Å². The van der Waals surface area contributed by atoms with Gasteiger partial charge in [0.2, 0.25) is 5.91 Å². The Morgan fingerprint density at radius 1 is 1.30 bits per heavy atom. The average molecular weight is 282 g/mol. The van der Waals surface area contributed by atoms with E-state index in [0.717, 1.165) is 12.8 Å². The lowest BCUT2D eigenvalue weighted by Gasteiger charge is -2.29. The molecule has 6 nitrogen and oxygen atoms in total. The molecule has 3 N–H and O–H groups in total. The largest absolute Gasteiger partial charge is 0.378 e. The van der Waals surface area contributed by atoms with Crippen LogP contribution >= 0.6 is 0 Å². The van der Waals surface area contributed by atoms with Crippen LogP contribution < -0.4 is 11.1 Å². The molecule has 0 radical (unpaired) electrons. The number of hydrogen-bond donors (Lipinski definition) is 2. The summed E-state index contributed by atoms with van der Waals surface area (Å²) >= 11 is 0. The fourth-order valence-corrected chi connectivity index (χ4v) is 2.79. The van der Waals surface area contributed by atoms with Crippen molar-refractivity contribution in [2.75, 3.05) is 26.3 Å². The van der Waals surface area contributed by atoms with E-state index in [2.05, 4.69) is 10.3 Å². The highest BCUT2D eigenvalue weighted by atomic mass is 16.5. The first-order chi connectivity index (χ1) is 9.66. The van der Waals surface area contributed by atoms with E-state index in [1.165, 1.54) is 19.3 Å². The maximum Gasteiger partial charge on any atom is 0.245 e. The van der Waals surface area contributed by atoms with E-state index < -0.39 is 0 Å². The summed E-state index contributed by atoms with van der Waals surface area (Å²) in [6.07, 6.45) is 5.96. The summed E-state index contributed by atoms with van der Waals surface area (Å²) in [7, 11) is 0. The van der Waals surface area contributed by atoms with E-state index in [-0.39, 0.29) is 11.9 Å². The molecule has 2 aliphatic rings. The standard InChI is InChI=1S/C14H26N4O2/c1-11(13(19)18-7-9-20-10-8-18)16-14(15)17-12-5-3-2-4-6-12/h11-12H,2-10H2,1H3,(H3,15,16,17). The third-order valence-electron chi connectivity index (χ3n) is 3.95. The van der Waals surface area contributed by atoms with Crippen LogP contribution in [0.3, 0.4) is 0 Å². The quantitative estimate of drug-likeness (QED) is 0.582. The summed E-state index contributed by atoms with van der Waals surface area (Å²) < 4.78 is 5.25. The van der Waals surface area contributed by atoms with Crippen molar-refractivity contribution in [1.29, 1.82) is 0 Å². The number of hydrogen-bond acceptors (Lipinski definition) is 3. The highest BCUT2D eigenvalue weighted by molar-refractivity contribution is 5.88. The summed E-state index contributed by atoms with van der Waals surface area (Å²) in [5, 5.41) is 3.02. The minimum atomic E-state index is -0.333. The van der Waals surface area contributed by atoms with E-state index in [1.807, 2.05) is 11.8 Å². The first kappa shape index (κ1) is 15.1. The lowest BCUT2D eigenvalue weighted by Crippen LogP contribution is -2.52. The van der Waals surface area contributed by atoms with Crippen molar-refractivity contribution < 1.29 is 9.53 Å². The van der Waals surface area contributed by atoms with Crippen molar-refractivity contribution in [3.63, 3.8) is 0 Å². The van der Waals surface area contributed by atoms with Gasteiger partial charge in [0.25, 0.3) is 0 Å². The molecular weight excluding hydrogens is 256 g/mol. The zero-order chi connectivity index (χ0) is 14.4. The summed E-state index contributed by atoms with van der Waals surface area (Å²) in [4.78, 5) is 18.5. The van der Waals surface area contributed by atoms with Crippen LogP contribution in [0.4, 0.5) is 0 Å². The number of amides is 1. The van der Waals surface area contributed by atoms with E-state index in [9.17, 15) is 4.79 Å². The number of carbonyl (C=O) groups excluding carboxylic acids is 1. The van der Waals surface area contributed by atoms with Crippen LogP contribution in [-0.2, 0) is 9.53 Å². The number of rotatable bonds is 3. The number of nitrogens with zero attached hydrogens (tertiary/aromatic N) is 2. The van der Waals surface area contributed by atoms with Gasteiger partial charge in [-0.05, 0) is 19.8 Å². The van der Waals surface area contributed by atoms with Crippen molar-refractivity contribution in [3.8, 4) is 0 Å². The average Bonchev–Trinajstić information content (AvgIpc) is 2.48. The molecule has 1 aliphatic carbocycles. The van der Waals surface area contributed by atoms with Crippen molar-refractivity contribution >= 4 is 11.9 Å². The van der Waals surface area contributed by atoms with Crippen LogP contribution in [0.25, 0.3) is 0 Å². The maximum absolute atomic E-state index is 12.2. The molecule has 20 heavy (non-hydrogen) atoms. The molecule has 2 fully saturated rings. The Morgan fingerprint density at radius 3 is 2.60 bits per heavy atom. The second-order valence-electron chi connectivity index (χ2n) is 5.61. The Kier molecular flexibility index (Phi) is 5.64. The molecule has 0 bridgehead atoms. The van der Waals surface area contributed by atoms with E-state index in [4.69, 9.17) is 10.5 Å². The predicted octanol–water partition coefficient (Wildman–Crippen LogP) is 0.471. The topological polar surface area (TPSA) is 79.9 Å². The van der Waals surface area contributed by atoms with Crippen LogP contribution in [0, 0.1) is 0 Å². The molecule has 0 aromatic rings. The smallest absolute Gasteiger partial charge is 0.245 e. The minimum absolute atomic E-state index is 0.0649. The fourth-order valence-electron chi connectivity index (χ4n) is 2.79. The second-order valence-corrected chi connectivity index (χ2v) is 5.61. The van der Waals surface area contributed by atoms with E-state index in [0.29, 0.717) is 38.3 Å². The fraction of sp³-hybridized carbons (Fsp3) is 0.857. The number of guanidine groups is 1. The first-order valence-corrected chi connectivity index (χ1v) is 7.63. The van der Waals surface area contributed by atoms with Gasteiger partial charge in [0.1, 0.15) is 6.04 Å². The molecular formula is C14H26N4O2. The molecule has 1 aliphatic heterocycles. The molecule has 1 unspecified atom stereocenters. The Labute approximate surface area is 120 Å². The number of carbonyl (C=O) groups is 1. The van der Waals surface area contributed by atoms with Crippen molar-refractivity contribution in [2.45, 2.75) is 51.1 Å². The third kappa shape index (κ3) is 4.37. The molecule has 6 heteroatoms. The van der Waals surface area contributed by atoms with Gasteiger partial charge >= 0.3 is 0 Å². The van der Waals surface area contributed by atoms with Crippen molar-refractivity contribution in [1.82, 2.24) is 10.2 Å². The zero-order valence-corrected chi connectivity index (χ0v) is 12.3. The number of nitrogens with one attached hydrogen (secondary N) is 1. The van der Waals surface area contributed by atoms with Gasteiger partial charge in [0.15, 0.2) is 5.96 Å². The highest BCUT2D eigenvalue weighted by Crippen LogP contribution is 2.19. The Morgan fingerprint density at radius 2 is 1.95 bits per heavy atom. The molecule has 0 spiro atoms. The molecule has 1 saturated heterocycles. The number of morpholine rings is 1. The van der Waals surface area contributed by atoms with Crippen LogP contribution in [0.15, 0.2) is 4.99 Å². The molecule has 0 aromatic heterocycles. The molecule has 1 heterocycles. The summed E-state index contributed by atoms with van der Waals surface area (Å²) in [6, 6.07) is -0.0117. The third-order valence-corrected chi connectivity index (χ3v) is 3.95. The second kappa shape index (κ2) is 7.47. The lowest BCUT2D eigenvalue weighted by atomic mass is 9.96. The van der Waals surface area contributed by atoms with Gasteiger partial charge in [-0.1, -0.05) is 19.3 Å². The maximum atomic E-state index is 12.2. The number of nitrogens with two attached hydrogens (primary N) is 1. The Balaban J connectivity index is 1.81. The van der Waals surface area contributed by atoms with Gasteiger partial charge < -0.3 is 20.7 Å². The van der Waals surface area contributed by atoms with Gasteiger partial charge in [0, 0.05) is 13.1 Å². The summed E-state index contributed by atoms with van der Waals surface area (Å²) in [5.74, 6) is 0.459. The highest BCUT2D eigenvalue weighted by Gasteiger charge is 2.23. The van der Waals surface area contributed by atoms with Gasteiger partial charge in [-0.3, -0.25) is 9.79 Å². The Bertz CT molecular complexity index is 347. The zero-order valence-electron chi connectivity index (χ0n) is 12.3. The van der Waals surface area contributed by atoms with Gasteiger partial charge in [-0.15, -0.1) is 0 Å². The normalized spacial score (nSPS) is 23.4.